The van der Waals surface area contributed by atoms with Crippen LogP contribution in [0.4, 0.5) is 15.3 Å². The SMILES string of the molecule is CC(C)c1cccc(C(C)C)c1NC(=O)N1CCCC(CN(C)C(=O)OC(C)(C)C)C1. The highest BCUT2D eigenvalue weighted by molar-refractivity contribution is 5.91. The predicted molar refractivity (Wildman–Crippen MR) is 127 cm³/mol. The van der Waals surface area contributed by atoms with Crippen molar-refractivity contribution in [3.8, 4) is 0 Å². The van der Waals surface area contributed by atoms with Gasteiger partial charge in [0.05, 0.1) is 0 Å². The first-order valence-corrected chi connectivity index (χ1v) is 11.5. The van der Waals surface area contributed by atoms with E-state index < -0.39 is 5.60 Å². The van der Waals surface area contributed by atoms with Crippen molar-refractivity contribution in [1.29, 1.82) is 0 Å². The zero-order valence-corrected chi connectivity index (χ0v) is 20.6. The molecule has 2 rings (SSSR count). The largest absolute Gasteiger partial charge is 0.444 e. The van der Waals surface area contributed by atoms with Gasteiger partial charge in [-0.15, -0.1) is 0 Å². The molecule has 1 atom stereocenters. The number of hydrogen-bond donors (Lipinski definition) is 1. The number of urea groups is 1. The molecule has 0 aliphatic carbocycles. The number of nitrogens with zero attached hydrogens (tertiary/aromatic N) is 2. The number of likely N-dealkylation sites (tertiary alicyclic amines) is 1. The maximum Gasteiger partial charge on any atom is 0.410 e. The summed E-state index contributed by atoms with van der Waals surface area (Å²) in [6.45, 7) is 16.2. The quantitative estimate of drug-likeness (QED) is 0.618. The molecule has 3 amide bonds. The normalized spacial score (nSPS) is 17.1. The summed E-state index contributed by atoms with van der Waals surface area (Å²) in [5.74, 6) is 0.887. The van der Waals surface area contributed by atoms with Gasteiger partial charge in [-0.25, -0.2) is 9.59 Å². The van der Waals surface area contributed by atoms with Crippen molar-refractivity contribution in [1.82, 2.24) is 9.80 Å². The van der Waals surface area contributed by atoms with Crippen LogP contribution in [-0.4, -0.2) is 54.2 Å². The molecule has 1 N–H and O–H groups in total. The minimum absolute atomic E-state index is 0.0559. The van der Waals surface area contributed by atoms with Crippen LogP contribution in [0.25, 0.3) is 0 Å². The highest BCUT2D eigenvalue weighted by Crippen LogP contribution is 2.33. The molecule has 174 valence electrons. The number of carbonyl (C=O) groups excluding carboxylic acids is 2. The first-order chi connectivity index (χ1) is 14.4. The van der Waals surface area contributed by atoms with E-state index in [4.69, 9.17) is 4.74 Å². The number of ether oxygens (including phenoxy) is 1. The molecule has 1 aromatic rings. The van der Waals surface area contributed by atoms with E-state index in [2.05, 4.69) is 51.2 Å². The van der Waals surface area contributed by atoms with Gasteiger partial charge in [0.1, 0.15) is 5.60 Å². The van der Waals surface area contributed by atoms with Gasteiger partial charge in [0.15, 0.2) is 0 Å². The Hall–Kier alpha value is -2.24. The molecule has 31 heavy (non-hydrogen) atoms. The van der Waals surface area contributed by atoms with E-state index in [0.717, 1.165) is 36.2 Å². The van der Waals surface area contributed by atoms with Crippen LogP contribution in [0.1, 0.15) is 84.3 Å². The summed E-state index contributed by atoms with van der Waals surface area (Å²) >= 11 is 0. The Balaban J connectivity index is 2.06. The van der Waals surface area contributed by atoms with Crippen molar-refractivity contribution >= 4 is 17.8 Å². The minimum Gasteiger partial charge on any atom is -0.444 e. The molecule has 1 heterocycles. The maximum atomic E-state index is 13.2. The molecule has 1 aromatic carbocycles. The number of carbonyl (C=O) groups is 2. The number of piperidine rings is 1. The van der Waals surface area contributed by atoms with Crippen molar-refractivity contribution < 1.29 is 14.3 Å². The zero-order valence-electron chi connectivity index (χ0n) is 20.6. The first kappa shape index (κ1) is 25.0. The maximum absolute atomic E-state index is 13.2. The molecular weight excluding hydrogens is 390 g/mol. The van der Waals surface area contributed by atoms with Crippen LogP contribution in [0.3, 0.4) is 0 Å². The Labute approximate surface area is 188 Å². The Morgan fingerprint density at radius 1 is 1.16 bits per heavy atom. The van der Waals surface area contributed by atoms with Crippen molar-refractivity contribution in [3.05, 3.63) is 29.3 Å². The van der Waals surface area contributed by atoms with Gasteiger partial charge in [0.25, 0.3) is 0 Å². The second kappa shape index (κ2) is 10.4. The average molecular weight is 432 g/mol. The lowest BCUT2D eigenvalue weighted by atomic mass is 9.92. The van der Waals surface area contributed by atoms with Gasteiger partial charge >= 0.3 is 12.1 Å². The van der Waals surface area contributed by atoms with Gasteiger partial charge < -0.3 is 19.9 Å². The molecule has 0 saturated carbocycles. The Kier molecular flexibility index (Phi) is 8.38. The lowest BCUT2D eigenvalue weighted by Crippen LogP contribution is -2.46. The summed E-state index contributed by atoms with van der Waals surface area (Å²) < 4.78 is 5.46. The molecule has 1 unspecified atom stereocenters. The number of amides is 3. The molecule has 0 bridgehead atoms. The van der Waals surface area contributed by atoms with Gasteiger partial charge in [-0.2, -0.15) is 0 Å². The number of rotatable bonds is 5. The smallest absolute Gasteiger partial charge is 0.410 e. The summed E-state index contributed by atoms with van der Waals surface area (Å²) in [5.41, 5.74) is 2.77. The fourth-order valence-electron chi connectivity index (χ4n) is 4.08. The van der Waals surface area contributed by atoms with Gasteiger partial charge in [-0.3, -0.25) is 0 Å². The molecule has 6 heteroatoms. The molecule has 1 aliphatic rings. The molecule has 1 fully saturated rings. The van der Waals surface area contributed by atoms with Crippen LogP contribution in [0.15, 0.2) is 18.2 Å². The third-order valence-corrected chi connectivity index (χ3v) is 5.65. The molecule has 1 aliphatic heterocycles. The fraction of sp³-hybridized carbons (Fsp3) is 0.680. The standard InChI is InChI=1S/C25H41N3O3/c1-17(2)20-12-9-13-21(18(3)4)22(20)26-23(29)28-14-10-11-19(16-28)15-27(8)24(30)31-25(5,6)7/h9,12-13,17-19H,10-11,14-16H2,1-8H3,(H,26,29). The fourth-order valence-corrected chi connectivity index (χ4v) is 4.08. The lowest BCUT2D eigenvalue weighted by Gasteiger charge is -2.35. The molecular formula is C25H41N3O3. The monoisotopic (exact) mass is 431 g/mol. The number of para-hydroxylation sites is 1. The van der Waals surface area contributed by atoms with Gasteiger partial charge in [-0.1, -0.05) is 45.9 Å². The molecule has 0 aromatic heterocycles. The summed E-state index contributed by atoms with van der Waals surface area (Å²) in [4.78, 5) is 29.0. The van der Waals surface area contributed by atoms with Crippen LogP contribution in [0.2, 0.25) is 0 Å². The van der Waals surface area contributed by atoms with E-state index in [9.17, 15) is 9.59 Å². The zero-order chi connectivity index (χ0) is 23.3. The van der Waals surface area contributed by atoms with Crippen LogP contribution in [0.5, 0.6) is 0 Å². The Bertz CT molecular complexity index is 742. The minimum atomic E-state index is -0.512. The van der Waals surface area contributed by atoms with Gasteiger partial charge in [0, 0.05) is 32.4 Å². The van der Waals surface area contributed by atoms with Crippen LogP contribution in [-0.2, 0) is 4.74 Å². The van der Waals surface area contributed by atoms with E-state index in [1.165, 1.54) is 0 Å². The van der Waals surface area contributed by atoms with Crippen LogP contribution >= 0.6 is 0 Å². The topological polar surface area (TPSA) is 61.9 Å². The molecule has 6 nitrogen and oxygen atoms in total. The lowest BCUT2D eigenvalue weighted by molar-refractivity contribution is 0.0253. The highest BCUT2D eigenvalue weighted by Gasteiger charge is 2.28. The molecule has 0 spiro atoms. The predicted octanol–water partition coefficient (Wildman–Crippen LogP) is 6.04. The van der Waals surface area contributed by atoms with Crippen LogP contribution < -0.4 is 5.32 Å². The van der Waals surface area contributed by atoms with Crippen molar-refractivity contribution in [2.45, 2.75) is 78.7 Å². The Morgan fingerprint density at radius 2 is 1.74 bits per heavy atom. The van der Waals surface area contributed by atoms with E-state index in [1.807, 2.05) is 25.7 Å². The molecule has 0 radical (unpaired) electrons. The number of nitrogens with one attached hydrogen (secondary N) is 1. The van der Waals surface area contributed by atoms with E-state index in [1.54, 1.807) is 11.9 Å². The van der Waals surface area contributed by atoms with E-state index in [-0.39, 0.29) is 18.0 Å². The van der Waals surface area contributed by atoms with Crippen molar-refractivity contribution in [3.63, 3.8) is 0 Å². The second-order valence-corrected chi connectivity index (χ2v) is 10.4. The van der Waals surface area contributed by atoms with E-state index in [0.29, 0.717) is 24.9 Å². The third kappa shape index (κ3) is 7.15. The van der Waals surface area contributed by atoms with E-state index >= 15 is 0 Å². The second-order valence-electron chi connectivity index (χ2n) is 10.4. The Morgan fingerprint density at radius 3 is 2.26 bits per heavy atom. The molecule has 1 saturated heterocycles. The number of hydrogen-bond acceptors (Lipinski definition) is 3. The van der Waals surface area contributed by atoms with Crippen LogP contribution in [0, 0.1) is 5.92 Å². The number of benzene rings is 1. The van der Waals surface area contributed by atoms with Gasteiger partial charge in [-0.05, 0) is 62.5 Å². The third-order valence-electron chi connectivity index (χ3n) is 5.65. The summed E-state index contributed by atoms with van der Waals surface area (Å²) in [6, 6.07) is 6.21. The summed E-state index contributed by atoms with van der Waals surface area (Å²) in [5, 5.41) is 3.22. The van der Waals surface area contributed by atoms with Crippen molar-refractivity contribution in [2.75, 3.05) is 32.0 Å². The number of anilines is 1. The highest BCUT2D eigenvalue weighted by atomic mass is 16.6. The van der Waals surface area contributed by atoms with Gasteiger partial charge in [0.2, 0.25) is 0 Å². The van der Waals surface area contributed by atoms with Crippen molar-refractivity contribution in [2.24, 2.45) is 5.92 Å². The first-order valence-electron chi connectivity index (χ1n) is 11.5. The summed E-state index contributed by atoms with van der Waals surface area (Å²) in [6.07, 6.45) is 1.61. The average Bonchev–Trinajstić information content (AvgIpc) is 2.66. The summed E-state index contributed by atoms with van der Waals surface area (Å²) in [7, 11) is 1.76.